The summed E-state index contributed by atoms with van der Waals surface area (Å²) in [4.78, 5) is 8.47. The lowest BCUT2D eigenvalue weighted by Crippen LogP contribution is -2.24. The van der Waals surface area contributed by atoms with E-state index < -0.39 is 6.36 Å². The zero-order chi connectivity index (χ0) is 14.9. The molecule has 1 atom stereocenters. The summed E-state index contributed by atoms with van der Waals surface area (Å²) in [5, 5.41) is 0. The van der Waals surface area contributed by atoms with Crippen molar-refractivity contribution in [2.24, 2.45) is 0 Å². The molecule has 1 heterocycles. The molecule has 0 amide bonds. The number of ether oxygens (including phenoxy) is 1. The van der Waals surface area contributed by atoms with E-state index in [1.165, 1.54) is 12.1 Å². The van der Waals surface area contributed by atoms with Crippen LogP contribution in [0.4, 0.5) is 13.2 Å². The van der Waals surface area contributed by atoms with Crippen LogP contribution < -0.4 is 4.74 Å². The molecule has 2 aromatic rings. The number of alkyl halides is 3. The first kappa shape index (κ1) is 13.9. The van der Waals surface area contributed by atoms with Crippen LogP contribution in [0.3, 0.4) is 0 Å². The van der Waals surface area contributed by atoms with Gasteiger partial charge in [0.15, 0.2) is 0 Å². The van der Waals surface area contributed by atoms with Crippen molar-refractivity contribution in [2.75, 3.05) is 0 Å². The largest absolute Gasteiger partial charge is 0.573 e. The standard InChI is InChI=1S/C15H12F3N2O/c16-15(17,18)21-11-4-2-10(3-5-11)12-6-7-13(12)14-19-8-1-9-20-14/h1-5,8-9,13H,6-7H2. The molecule has 1 radical (unpaired) electrons. The number of hydrogen-bond acceptors (Lipinski definition) is 3. The van der Waals surface area contributed by atoms with Gasteiger partial charge in [-0.15, -0.1) is 13.2 Å². The van der Waals surface area contributed by atoms with Gasteiger partial charge in [-0.25, -0.2) is 9.97 Å². The van der Waals surface area contributed by atoms with Gasteiger partial charge in [0.25, 0.3) is 0 Å². The fourth-order valence-electron chi connectivity index (χ4n) is 2.42. The third kappa shape index (κ3) is 3.15. The second-order valence-electron chi connectivity index (χ2n) is 4.80. The molecule has 1 aliphatic rings. The molecule has 1 fully saturated rings. The monoisotopic (exact) mass is 293 g/mol. The lowest BCUT2D eigenvalue weighted by Gasteiger charge is -2.35. The van der Waals surface area contributed by atoms with Gasteiger partial charge >= 0.3 is 6.36 Å². The van der Waals surface area contributed by atoms with Crippen LogP contribution in [0.25, 0.3) is 0 Å². The fourth-order valence-corrected chi connectivity index (χ4v) is 2.42. The second-order valence-corrected chi connectivity index (χ2v) is 4.80. The van der Waals surface area contributed by atoms with Gasteiger partial charge in [-0.1, -0.05) is 12.1 Å². The Morgan fingerprint density at radius 1 is 1.05 bits per heavy atom. The quantitative estimate of drug-likeness (QED) is 0.861. The van der Waals surface area contributed by atoms with Crippen LogP contribution in [0.1, 0.15) is 30.1 Å². The Morgan fingerprint density at radius 3 is 2.24 bits per heavy atom. The van der Waals surface area contributed by atoms with Crippen LogP contribution in [0.15, 0.2) is 42.7 Å². The summed E-state index contributed by atoms with van der Waals surface area (Å²) in [5.74, 6) is 1.85. The van der Waals surface area contributed by atoms with E-state index in [9.17, 15) is 13.2 Å². The number of halogens is 3. The van der Waals surface area contributed by atoms with E-state index >= 15 is 0 Å². The summed E-state index contributed by atoms with van der Waals surface area (Å²) in [5.41, 5.74) is 0.910. The van der Waals surface area contributed by atoms with Crippen molar-refractivity contribution in [3.05, 3.63) is 60.0 Å². The Morgan fingerprint density at radius 2 is 1.71 bits per heavy atom. The Hall–Kier alpha value is -2.11. The van der Waals surface area contributed by atoms with Gasteiger partial charge in [0, 0.05) is 24.2 Å². The lowest BCUT2D eigenvalue weighted by molar-refractivity contribution is -0.274. The third-order valence-electron chi connectivity index (χ3n) is 3.48. The van der Waals surface area contributed by atoms with Crippen molar-refractivity contribution in [2.45, 2.75) is 25.1 Å². The van der Waals surface area contributed by atoms with Crippen LogP contribution in [0.5, 0.6) is 5.75 Å². The molecule has 1 aromatic carbocycles. The normalized spacial score (nSPS) is 19.1. The maximum absolute atomic E-state index is 12.1. The molecule has 0 N–H and O–H groups in total. The van der Waals surface area contributed by atoms with Crippen molar-refractivity contribution in [1.29, 1.82) is 0 Å². The summed E-state index contributed by atoms with van der Waals surface area (Å²) in [6, 6.07) is 7.70. The SMILES string of the molecule is FC(F)(F)Oc1ccc([C]2CCC2c2ncccn2)cc1. The molecular weight excluding hydrogens is 281 g/mol. The molecule has 1 unspecified atom stereocenters. The number of benzene rings is 1. The van der Waals surface area contributed by atoms with Gasteiger partial charge in [0.1, 0.15) is 11.6 Å². The average molecular weight is 293 g/mol. The zero-order valence-corrected chi connectivity index (χ0v) is 11.0. The van der Waals surface area contributed by atoms with Crippen molar-refractivity contribution in [3.8, 4) is 5.75 Å². The molecule has 6 heteroatoms. The minimum Gasteiger partial charge on any atom is -0.406 e. The maximum atomic E-state index is 12.1. The van der Waals surface area contributed by atoms with E-state index in [4.69, 9.17) is 0 Å². The summed E-state index contributed by atoms with van der Waals surface area (Å²) in [6.07, 6.45) is 0.588. The number of rotatable bonds is 3. The highest BCUT2D eigenvalue weighted by Gasteiger charge is 2.36. The van der Waals surface area contributed by atoms with Gasteiger partial charge in [-0.05, 0) is 36.6 Å². The molecule has 1 aliphatic carbocycles. The van der Waals surface area contributed by atoms with E-state index in [1.54, 1.807) is 30.6 Å². The number of aromatic nitrogens is 2. The summed E-state index contributed by atoms with van der Waals surface area (Å²) >= 11 is 0. The zero-order valence-electron chi connectivity index (χ0n) is 11.0. The molecule has 3 nitrogen and oxygen atoms in total. The molecule has 0 saturated heterocycles. The van der Waals surface area contributed by atoms with Crippen LogP contribution in [0.2, 0.25) is 0 Å². The van der Waals surface area contributed by atoms with Gasteiger partial charge in [-0.3, -0.25) is 0 Å². The Balaban J connectivity index is 1.73. The topological polar surface area (TPSA) is 35.0 Å². The summed E-state index contributed by atoms with van der Waals surface area (Å²) in [6.45, 7) is 0. The lowest BCUT2D eigenvalue weighted by atomic mass is 9.69. The van der Waals surface area contributed by atoms with Crippen LogP contribution in [0, 0.1) is 5.92 Å². The minimum atomic E-state index is -4.66. The van der Waals surface area contributed by atoms with Crippen molar-refractivity contribution in [1.82, 2.24) is 9.97 Å². The average Bonchev–Trinajstić information content (AvgIpc) is 2.39. The molecular formula is C15H12F3N2O. The van der Waals surface area contributed by atoms with Gasteiger partial charge in [0.2, 0.25) is 0 Å². The molecule has 1 aromatic heterocycles. The molecule has 0 aliphatic heterocycles. The molecule has 0 spiro atoms. The van der Waals surface area contributed by atoms with Crippen LogP contribution in [-0.2, 0) is 0 Å². The van der Waals surface area contributed by atoms with E-state index in [0.29, 0.717) is 0 Å². The fraction of sp³-hybridized carbons (Fsp3) is 0.267. The molecule has 21 heavy (non-hydrogen) atoms. The predicted molar refractivity (Wildman–Crippen MR) is 69.5 cm³/mol. The third-order valence-corrected chi connectivity index (χ3v) is 3.48. The molecule has 0 bridgehead atoms. The predicted octanol–water partition coefficient (Wildman–Crippen LogP) is 3.88. The first-order valence-electron chi connectivity index (χ1n) is 6.52. The van der Waals surface area contributed by atoms with Gasteiger partial charge in [-0.2, -0.15) is 0 Å². The summed E-state index contributed by atoms with van der Waals surface area (Å²) in [7, 11) is 0. The molecule has 109 valence electrons. The highest BCUT2D eigenvalue weighted by Crippen LogP contribution is 2.47. The van der Waals surface area contributed by atoms with Crippen molar-refractivity contribution in [3.63, 3.8) is 0 Å². The van der Waals surface area contributed by atoms with Crippen molar-refractivity contribution >= 4 is 0 Å². The van der Waals surface area contributed by atoms with Crippen molar-refractivity contribution < 1.29 is 17.9 Å². The van der Waals surface area contributed by atoms with E-state index in [0.717, 1.165) is 30.1 Å². The highest BCUT2D eigenvalue weighted by molar-refractivity contribution is 5.42. The Bertz CT molecular complexity index is 599. The second kappa shape index (κ2) is 5.35. The summed E-state index contributed by atoms with van der Waals surface area (Å²) < 4.78 is 40.2. The first-order valence-corrected chi connectivity index (χ1v) is 6.52. The smallest absolute Gasteiger partial charge is 0.406 e. The minimum absolute atomic E-state index is 0.153. The van der Waals surface area contributed by atoms with E-state index in [2.05, 4.69) is 14.7 Å². The van der Waals surface area contributed by atoms with Crippen LogP contribution in [-0.4, -0.2) is 16.3 Å². The maximum Gasteiger partial charge on any atom is 0.573 e. The number of nitrogens with zero attached hydrogens (tertiary/aromatic N) is 2. The van der Waals surface area contributed by atoms with E-state index in [-0.39, 0.29) is 11.7 Å². The first-order chi connectivity index (χ1) is 10.0. The van der Waals surface area contributed by atoms with Gasteiger partial charge in [0.05, 0.1) is 0 Å². The van der Waals surface area contributed by atoms with Gasteiger partial charge < -0.3 is 4.74 Å². The molecule has 1 saturated carbocycles. The Labute approximate surface area is 119 Å². The number of hydrogen-bond donors (Lipinski definition) is 0. The highest BCUT2D eigenvalue weighted by atomic mass is 19.4. The van der Waals surface area contributed by atoms with E-state index in [1.807, 2.05) is 0 Å². The van der Waals surface area contributed by atoms with Crippen LogP contribution >= 0.6 is 0 Å². The molecule has 3 rings (SSSR count). The Kier molecular flexibility index (Phi) is 3.53.